The summed E-state index contributed by atoms with van der Waals surface area (Å²) in [5.74, 6) is -1.49. The van der Waals surface area contributed by atoms with Crippen molar-refractivity contribution in [3.8, 4) is 45.0 Å². The number of β-amino-alcohol motifs (C(OH)–C–C–N with tert-alkyl or cyclic N) is 1. The summed E-state index contributed by atoms with van der Waals surface area (Å²) in [4.78, 5) is 82.9. The molecule has 6 heterocycles. The van der Waals surface area contributed by atoms with Crippen molar-refractivity contribution in [2.75, 3.05) is 104 Å². The van der Waals surface area contributed by atoms with E-state index in [2.05, 4.69) is 45.9 Å². The maximum Gasteiger partial charge on any atom is 0.255 e. The zero-order chi connectivity index (χ0) is 87.3. The molecule has 35 heteroatoms. The molecule has 8 aromatic carbocycles. The minimum Gasteiger partial charge on any atom is -0.395 e. The predicted octanol–water partition coefficient (Wildman–Crippen LogP) is 14.7. The highest BCUT2D eigenvalue weighted by Gasteiger charge is 2.31. The normalized spacial score (nSPS) is 13.2. The van der Waals surface area contributed by atoms with Gasteiger partial charge in [0.2, 0.25) is 36.0 Å². The van der Waals surface area contributed by atoms with Gasteiger partial charge in [0.1, 0.15) is 0 Å². The third-order valence-electron chi connectivity index (χ3n) is 18.7. The Morgan fingerprint density at radius 3 is 0.926 bits per heavy atom. The van der Waals surface area contributed by atoms with E-state index in [0.717, 1.165) is 11.8 Å². The predicted molar refractivity (Wildman–Crippen MR) is 477 cm³/mol. The number of rotatable bonds is 22. The van der Waals surface area contributed by atoms with E-state index in [9.17, 15) is 57.6 Å². The highest BCUT2D eigenvalue weighted by Crippen LogP contribution is 2.35. The maximum absolute atomic E-state index is 13.0. The Morgan fingerprint density at radius 2 is 0.656 bits per heavy atom. The molecule has 0 atom stereocenters. The number of amides is 5. The van der Waals surface area contributed by atoms with Crippen molar-refractivity contribution in [1.29, 1.82) is 0 Å². The fourth-order valence-electron chi connectivity index (χ4n) is 12.5. The van der Waals surface area contributed by atoms with Gasteiger partial charge < -0.3 is 31.3 Å². The zero-order valence-corrected chi connectivity index (χ0v) is 71.9. The van der Waals surface area contributed by atoms with Gasteiger partial charge in [0.15, 0.2) is 9.84 Å². The van der Waals surface area contributed by atoms with Gasteiger partial charge in [0.05, 0.1) is 71.3 Å². The molecular weight excluding hydrogens is 1720 g/mol. The van der Waals surface area contributed by atoms with Gasteiger partial charge in [-0.3, -0.25) is 53.5 Å². The lowest BCUT2D eigenvalue weighted by molar-refractivity contribution is -0.130. The number of hydrogen-bond donors (Lipinski definition) is 6. The van der Waals surface area contributed by atoms with E-state index in [1.165, 1.54) is 82.5 Å². The highest BCUT2D eigenvalue weighted by atomic mass is 35.5. The van der Waals surface area contributed by atoms with Gasteiger partial charge in [0.25, 0.3) is 23.6 Å². The molecule has 5 amide bonds. The first-order chi connectivity index (χ1) is 58.3. The van der Waals surface area contributed by atoms with E-state index in [1.807, 2.05) is 71.6 Å². The second kappa shape index (κ2) is 41.7. The molecule has 6 N–H and O–H groups in total. The summed E-state index contributed by atoms with van der Waals surface area (Å²) in [6.07, 6.45) is 8.91. The molecule has 0 bridgehead atoms. The summed E-state index contributed by atoms with van der Waals surface area (Å²) in [7, 11) is -13.8. The number of benzene rings is 8. The first-order valence-electron chi connectivity index (χ1n) is 37.5. The lowest BCUT2D eigenvalue weighted by atomic mass is 10.1. The van der Waals surface area contributed by atoms with Crippen molar-refractivity contribution < 1.29 is 62.8 Å². The molecular formula is C87H81Cl4N13O14S4. The molecule has 27 nitrogen and oxygen atoms in total. The molecule has 2 saturated heterocycles. The van der Waals surface area contributed by atoms with E-state index in [0.29, 0.717) is 162 Å². The molecule has 14 rings (SSSR count). The number of aliphatic hydroxyl groups excluding tert-OH is 1. The Bertz CT molecular complexity index is 6020. The quantitative estimate of drug-likeness (QED) is 0.0367. The number of piperazine rings is 2. The van der Waals surface area contributed by atoms with Crippen LogP contribution in [-0.4, -0.2) is 185 Å². The number of carbonyl (C=O) groups is 5. The van der Waals surface area contributed by atoms with Crippen molar-refractivity contribution in [3.05, 3.63) is 315 Å². The van der Waals surface area contributed by atoms with Gasteiger partial charge in [-0.2, -0.15) is 8.61 Å². The fourth-order valence-corrected chi connectivity index (χ4v) is 17.6. The second-order valence-corrected chi connectivity index (χ2v) is 37.0. The Morgan fingerprint density at radius 1 is 0.369 bits per heavy atom. The number of aromatic nitrogens is 4. The topological polar surface area (TPSA) is 367 Å². The molecule has 2 aliphatic rings. The number of aliphatic hydroxyl groups is 1. The van der Waals surface area contributed by atoms with Crippen LogP contribution in [0.3, 0.4) is 0 Å². The van der Waals surface area contributed by atoms with Gasteiger partial charge >= 0.3 is 0 Å². The number of nitrogens with zero attached hydrogens (tertiary/aromatic N) is 8. The highest BCUT2D eigenvalue weighted by molar-refractivity contribution is 7.92. The average Bonchev–Trinajstić information content (AvgIpc) is 0.791. The van der Waals surface area contributed by atoms with Crippen LogP contribution in [0, 0.1) is 0 Å². The summed E-state index contributed by atoms with van der Waals surface area (Å²) < 4.78 is 102. The van der Waals surface area contributed by atoms with E-state index >= 15 is 0 Å². The molecule has 4 aromatic heterocycles. The lowest BCUT2D eigenvalue weighted by Crippen LogP contribution is -2.49. The monoisotopic (exact) mass is 1800 g/mol. The van der Waals surface area contributed by atoms with E-state index in [1.54, 1.807) is 145 Å². The van der Waals surface area contributed by atoms with Crippen LogP contribution >= 0.6 is 46.4 Å². The number of pyridine rings is 4. The van der Waals surface area contributed by atoms with Crippen LogP contribution in [0.2, 0.25) is 20.1 Å². The lowest BCUT2D eigenvalue weighted by Gasteiger charge is -2.33. The Balaban J connectivity index is 0.000000160. The van der Waals surface area contributed by atoms with Crippen molar-refractivity contribution >= 4 is 144 Å². The molecule has 0 spiro atoms. The molecule has 12 aromatic rings. The summed E-state index contributed by atoms with van der Waals surface area (Å²) in [6, 6.07) is 66.9. The van der Waals surface area contributed by atoms with Gasteiger partial charge in [0, 0.05) is 170 Å². The number of hydrogen-bond acceptors (Lipinski definition) is 19. The molecule has 630 valence electrons. The molecule has 0 saturated carbocycles. The number of carbonyl (C=O) groups excluding carboxylic acids is 5. The standard InChI is InChI=1S/C24H23ClN4O4S.C24H25ClN4O4S.C20H17ClN2O3S.C19H16ClN3O3S/c1-17(30)28-12-14-29(15-13-28)34(32,33)20-8-5-18(6-9-20)24(31)27-19-7-10-22(25)21(16-19)23-4-2-3-11-26-23;25-22-9-6-19(17-21(22)23-3-1-2-10-26-23)27-24(31)18-4-7-20(8-5-18)34(32,33)29-13-11-28(12-14-29)15-16-30;1-27(25,26)13-14-5-7-15(8-6-14)20(24)23-16-9-10-18(21)17(12-16)19-4-2-3-11-22-19;1-27(25,26)23-14-7-5-13(6-8-14)19(24)22-15-9-10-17(20)16(12-15)18-4-2-3-11-21-18/h2-11,16H,12-15H2,1H3,(H,27,31);1-10,17,30H,11-16H2,(H,27,31);2-12H,13H2,1H3,(H,23,24);2-12,23H,1H3,(H,22,24). The number of sulfonamides is 3. The van der Waals surface area contributed by atoms with E-state index in [4.69, 9.17) is 51.5 Å². The summed E-state index contributed by atoms with van der Waals surface area (Å²) in [5, 5.41) is 22.4. The summed E-state index contributed by atoms with van der Waals surface area (Å²) in [5.41, 5.74) is 10.3. The van der Waals surface area contributed by atoms with Gasteiger partial charge in [-0.25, -0.2) is 33.7 Å². The fraction of sp³-hybridized carbons (Fsp3) is 0.161. The van der Waals surface area contributed by atoms with E-state index in [-0.39, 0.29) is 64.8 Å². The van der Waals surface area contributed by atoms with Crippen LogP contribution in [0.4, 0.5) is 28.4 Å². The molecule has 2 aliphatic heterocycles. The number of anilines is 5. The van der Waals surface area contributed by atoms with Crippen LogP contribution < -0.4 is 26.0 Å². The van der Waals surface area contributed by atoms with Crippen LogP contribution in [0.15, 0.2) is 277 Å². The van der Waals surface area contributed by atoms with E-state index < -0.39 is 39.9 Å². The third kappa shape index (κ3) is 25.5. The minimum atomic E-state index is -3.71. The van der Waals surface area contributed by atoms with Crippen LogP contribution in [0.25, 0.3) is 45.0 Å². The van der Waals surface area contributed by atoms with Crippen molar-refractivity contribution in [3.63, 3.8) is 0 Å². The van der Waals surface area contributed by atoms with Gasteiger partial charge in [-0.15, -0.1) is 0 Å². The summed E-state index contributed by atoms with van der Waals surface area (Å²) >= 11 is 25.1. The molecule has 0 aliphatic carbocycles. The molecule has 0 radical (unpaired) electrons. The number of halogens is 4. The van der Waals surface area contributed by atoms with Crippen molar-refractivity contribution in [2.24, 2.45) is 0 Å². The maximum atomic E-state index is 13.0. The zero-order valence-electron chi connectivity index (χ0n) is 65.7. The SMILES string of the molecule is CC(=O)N1CCN(S(=O)(=O)c2ccc(C(=O)Nc3ccc(Cl)c(-c4ccccn4)c3)cc2)CC1.CS(=O)(=O)Cc1ccc(C(=O)Nc2ccc(Cl)c(-c3ccccn3)c2)cc1.CS(=O)(=O)Nc1ccc(C(=O)Nc2ccc(Cl)c(-c3ccccn3)c2)cc1.O=C(Nc1ccc(Cl)c(-c2ccccn2)c1)c1ccc(S(=O)(=O)N2CCN(CCO)CC2)cc1. The van der Waals surface area contributed by atoms with Crippen molar-refractivity contribution in [2.45, 2.75) is 22.5 Å². The second-order valence-electron chi connectivity index (χ2n) is 27.6. The average molecular weight is 1800 g/mol. The first kappa shape index (κ1) is 91.1. The third-order valence-corrected chi connectivity index (χ3v) is 25.3. The van der Waals surface area contributed by atoms with Crippen LogP contribution in [0.5, 0.6) is 0 Å². The number of nitrogens with one attached hydrogen (secondary N) is 5. The Labute approximate surface area is 726 Å². The summed E-state index contributed by atoms with van der Waals surface area (Å²) in [6.45, 7) is 5.11. The van der Waals surface area contributed by atoms with Crippen molar-refractivity contribution in [1.82, 2.24) is 38.3 Å². The Kier molecular flexibility index (Phi) is 31.1. The van der Waals surface area contributed by atoms with Crippen LogP contribution in [-0.2, 0) is 50.5 Å². The van der Waals surface area contributed by atoms with Gasteiger partial charge in [-0.05, 0) is 212 Å². The molecule has 0 unspecified atom stereocenters. The van der Waals surface area contributed by atoms with Crippen LogP contribution in [0.1, 0.15) is 53.9 Å². The smallest absolute Gasteiger partial charge is 0.255 e. The Hall–Kier alpha value is -11.7. The molecule has 2 fully saturated rings. The van der Waals surface area contributed by atoms with Gasteiger partial charge in [-0.1, -0.05) is 82.8 Å². The minimum absolute atomic E-state index is 0.0523. The largest absolute Gasteiger partial charge is 0.395 e. The molecule has 122 heavy (non-hydrogen) atoms. The number of sulfone groups is 1. The first-order valence-corrected chi connectivity index (χ1v) is 45.8.